The normalized spacial score (nSPS) is 18.9. The summed E-state index contributed by atoms with van der Waals surface area (Å²) < 4.78 is 26.6. The van der Waals surface area contributed by atoms with Gasteiger partial charge in [0.05, 0.1) is 12.7 Å². The lowest BCUT2D eigenvalue weighted by Crippen LogP contribution is -2.49. The van der Waals surface area contributed by atoms with Crippen LogP contribution in [0, 0.1) is 5.92 Å². The average Bonchev–Trinajstić information content (AvgIpc) is 2.91. The van der Waals surface area contributed by atoms with Crippen molar-refractivity contribution in [1.29, 1.82) is 0 Å². The number of carbonyl (C=O) groups excluding carboxylic acids is 2. The van der Waals surface area contributed by atoms with E-state index in [2.05, 4.69) is 4.98 Å². The fourth-order valence-electron chi connectivity index (χ4n) is 3.06. The van der Waals surface area contributed by atoms with Crippen molar-refractivity contribution in [3.63, 3.8) is 0 Å². The van der Waals surface area contributed by atoms with E-state index in [9.17, 15) is 18.4 Å². The molecule has 0 aromatic carbocycles. The molecule has 2 aliphatic rings. The van der Waals surface area contributed by atoms with E-state index in [0.717, 1.165) is 0 Å². The van der Waals surface area contributed by atoms with Gasteiger partial charge >= 0.3 is 0 Å². The summed E-state index contributed by atoms with van der Waals surface area (Å²) in [6.45, 7) is 4.20. The van der Waals surface area contributed by atoms with Crippen molar-refractivity contribution in [2.45, 2.75) is 26.4 Å². The van der Waals surface area contributed by atoms with Crippen LogP contribution in [0.25, 0.3) is 0 Å². The number of alkyl halides is 2. The summed E-state index contributed by atoms with van der Waals surface area (Å²) in [6, 6.07) is 0. The van der Waals surface area contributed by atoms with Crippen LogP contribution in [-0.4, -0.2) is 63.6 Å². The molecule has 1 aromatic rings. The third-order valence-corrected chi connectivity index (χ3v) is 4.50. The minimum absolute atomic E-state index is 0.0370. The highest BCUT2D eigenvalue weighted by Crippen LogP contribution is 2.22. The third-order valence-electron chi connectivity index (χ3n) is 4.50. The Morgan fingerprint density at radius 3 is 2.79 bits per heavy atom. The number of amides is 1. The topological polar surface area (TPSA) is 58.4 Å². The third kappa shape index (κ3) is 3.38. The van der Waals surface area contributed by atoms with E-state index >= 15 is 0 Å². The number of ketones is 1. The highest BCUT2D eigenvalue weighted by molar-refractivity contribution is 5.92. The van der Waals surface area contributed by atoms with Crippen molar-refractivity contribution in [1.82, 2.24) is 19.4 Å². The Morgan fingerprint density at radius 1 is 1.38 bits per heavy atom. The van der Waals surface area contributed by atoms with Crippen LogP contribution in [0.3, 0.4) is 0 Å². The highest BCUT2D eigenvalue weighted by atomic mass is 19.3. The van der Waals surface area contributed by atoms with Crippen LogP contribution in [0.1, 0.15) is 23.2 Å². The Balaban J connectivity index is 1.50. The van der Waals surface area contributed by atoms with Crippen LogP contribution >= 0.6 is 0 Å². The van der Waals surface area contributed by atoms with Gasteiger partial charge in [-0.15, -0.1) is 0 Å². The first-order valence-electron chi connectivity index (χ1n) is 7.97. The van der Waals surface area contributed by atoms with Gasteiger partial charge in [-0.1, -0.05) is 6.08 Å². The van der Waals surface area contributed by atoms with Crippen molar-refractivity contribution < 1.29 is 18.4 Å². The largest absolute Gasteiger partial charge is 0.330 e. The molecule has 0 bridgehead atoms. The number of Topliss-reactive ketones (excluding diaryl/α,β-unsaturated/α-hetero) is 1. The Labute approximate surface area is 138 Å². The second kappa shape index (κ2) is 6.80. The number of hydrogen-bond donors (Lipinski definition) is 0. The van der Waals surface area contributed by atoms with Gasteiger partial charge in [0.1, 0.15) is 11.5 Å². The molecule has 130 valence electrons. The van der Waals surface area contributed by atoms with E-state index in [-0.39, 0.29) is 11.7 Å². The minimum Gasteiger partial charge on any atom is -0.330 e. The van der Waals surface area contributed by atoms with Gasteiger partial charge in [-0.2, -0.15) is 0 Å². The van der Waals surface area contributed by atoms with Gasteiger partial charge in [-0.05, 0) is 0 Å². The van der Waals surface area contributed by atoms with Crippen LogP contribution in [-0.2, 0) is 17.9 Å². The lowest BCUT2D eigenvalue weighted by Gasteiger charge is -2.37. The van der Waals surface area contributed by atoms with E-state index in [1.165, 1.54) is 13.0 Å². The Hall–Kier alpha value is -2.09. The molecule has 0 aliphatic carbocycles. The first-order valence-corrected chi connectivity index (χ1v) is 7.97. The summed E-state index contributed by atoms with van der Waals surface area (Å²) in [7, 11) is 0. The molecule has 0 atom stereocenters. The van der Waals surface area contributed by atoms with Crippen molar-refractivity contribution in [3.05, 3.63) is 29.9 Å². The van der Waals surface area contributed by atoms with E-state index in [1.54, 1.807) is 17.2 Å². The monoisotopic (exact) mass is 338 g/mol. The smallest absolute Gasteiger partial charge is 0.246 e. The minimum atomic E-state index is -2.26. The quantitative estimate of drug-likeness (QED) is 0.598. The first-order chi connectivity index (χ1) is 11.5. The zero-order chi connectivity index (χ0) is 17.3. The highest BCUT2D eigenvalue weighted by Gasteiger charge is 2.32. The molecular formula is C16H20F2N4O2. The Morgan fingerprint density at radius 2 is 2.12 bits per heavy atom. The maximum atomic E-state index is 12.4. The predicted octanol–water partition coefficient (Wildman–Crippen LogP) is 1.18. The number of rotatable bonds is 5. The van der Waals surface area contributed by atoms with Crippen molar-refractivity contribution in [2.75, 3.05) is 26.2 Å². The van der Waals surface area contributed by atoms with Gasteiger partial charge in [-0.25, -0.2) is 13.8 Å². The lowest BCUT2D eigenvalue weighted by molar-refractivity contribution is -0.127. The molecule has 8 heteroatoms. The van der Waals surface area contributed by atoms with Crippen LogP contribution in [0.4, 0.5) is 8.78 Å². The van der Waals surface area contributed by atoms with Gasteiger partial charge < -0.3 is 9.47 Å². The average molecular weight is 338 g/mol. The summed E-state index contributed by atoms with van der Waals surface area (Å²) in [6.07, 6.45) is 2.49. The molecule has 0 spiro atoms. The zero-order valence-electron chi connectivity index (χ0n) is 13.5. The van der Waals surface area contributed by atoms with E-state index in [4.69, 9.17) is 0 Å². The molecule has 2 aliphatic heterocycles. The van der Waals surface area contributed by atoms with Gasteiger partial charge in [-0.3, -0.25) is 14.5 Å². The molecule has 24 heavy (non-hydrogen) atoms. The molecule has 1 amide bonds. The Kier molecular flexibility index (Phi) is 4.75. The maximum absolute atomic E-state index is 12.4. The molecule has 0 N–H and O–H groups in total. The van der Waals surface area contributed by atoms with E-state index < -0.39 is 12.3 Å². The summed E-state index contributed by atoms with van der Waals surface area (Å²) in [5.41, 5.74) is 0.569. The van der Waals surface area contributed by atoms with Crippen molar-refractivity contribution in [3.8, 4) is 0 Å². The lowest BCUT2D eigenvalue weighted by atomic mass is 10.0. The second-order valence-corrected chi connectivity index (χ2v) is 6.24. The number of hydrogen-bond acceptors (Lipinski definition) is 4. The fraction of sp³-hybridized carbons (Fsp3) is 0.562. The van der Waals surface area contributed by atoms with E-state index in [0.29, 0.717) is 50.8 Å². The second-order valence-electron chi connectivity index (χ2n) is 6.24. The number of halogens is 2. The number of nitrogens with zero attached hydrogens (tertiary/aromatic N) is 4. The number of aromatic nitrogens is 2. The molecule has 1 fully saturated rings. The zero-order valence-corrected chi connectivity index (χ0v) is 13.5. The fourth-order valence-corrected chi connectivity index (χ4v) is 3.06. The summed E-state index contributed by atoms with van der Waals surface area (Å²) in [5, 5.41) is 0. The molecule has 3 heterocycles. The van der Waals surface area contributed by atoms with Gasteiger partial charge in [0.2, 0.25) is 12.3 Å². The molecule has 3 rings (SSSR count). The molecule has 0 unspecified atom stereocenters. The maximum Gasteiger partial charge on any atom is 0.246 e. The SMILES string of the molecule is CC(=O)c1cnc2n1CCN(C(=O)/C=C/CN1CC(C(F)F)C1)C2. The predicted molar refractivity (Wildman–Crippen MR) is 82.7 cm³/mol. The molecule has 0 radical (unpaired) electrons. The summed E-state index contributed by atoms with van der Waals surface area (Å²) in [4.78, 5) is 31.5. The van der Waals surface area contributed by atoms with Crippen molar-refractivity contribution >= 4 is 11.7 Å². The van der Waals surface area contributed by atoms with Crippen LogP contribution in [0.5, 0.6) is 0 Å². The van der Waals surface area contributed by atoms with Crippen LogP contribution in [0.15, 0.2) is 18.3 Å². The molecule has 1 aromatic heterocycles. The van der Waals surface area contributed by atoms with Gasteiger partial charge in [0.25, 0.3) is 0 Å². The molecule has 1 saturated heterocycles. The van der Waals surface area contributed by atoms with Gasteiger partial charge in [0.15, 0.2) is 5.78 Å². The number of imidazole rings is 1. The van der Waals surface area contributed by atoms with Crippen molar-refractivity contribution in [2.24, 2.45) is 5.92 Å². The van der Waals surface area contributed by atoms with Gasteiger partial charge in [0, 0.05) is 51.6 Å². The number of likely N-dealkylation sites (tertiary alicyclic amines) is 1. The number of carbonyl (C=O) groups is 2. The molecule has 6 nitrogen and oxygen atoms in total. The molecular weight excluding hydrogens is 318 g/mol. The first kappa shape index (κ1) is 16.8. The molecule has 0 saturated carbocycles. The Bertz CT molecular complexity index is 665. The van der Waals surface area contributed by atoms with E-state index in [1.807, 2.05) is 9.47 Å². The standard InChI is InChI=1S/C16H20F2N4O2/c1-11(23)13-7-19-14-10-21(5-6-22(13)14)15(24)3-2-4-20-8-12(9-20)16(17)18/h2-3,7,12,16H,4-6,8-10H2,1H3/b3-2+. The summed E-state index contributed by atoms with van der Waals surface area (Å²) in [5.74, 6) is 0.00544. The van der Waals surface area contributed by atoms with Crippen LogP contribution in [0.2, 0.25) is 0 Å². The summed E-state index contributed by atoms with van der Waals surface area (Å²) >= 11 is 0. The van der Waals surface area contributed by atoms with Crippen LogP contribution < -0.4 is 0 Å². The number of fused-ring (bicyclic) bond motifs is 1.